The Balaban J connectivity index is 2.41. The van der Waals surface area contributed by atoms with Crippen molar-refractivity contribution >= 4 is 23.1 Å². The van der Waals surface area contributed by atoms with Crippen LogP contribution in [-0.4, -0.2) is 12.9 Å². The summed E-state index contributed by atoms with van der Waals surface area (Å²) in [6.07, 6.45) is 0. The monoisotopic (exact) mass is 275 g/mol. The van der Waals surface area contributed by atoms with Gasteiger partial charge in [-0.3, -0.25) is 4.79 Å². The number of carbonyl (C=O) groups excluding carboxylic acids is 1. The third-order valence-electron chi connectivity index (χ3n) is 2.94. The predicted molar refractivity (Wildman–Crippen MR) is 77.0 cm³/mol. The highest BCUT2D eigenvalue weighted by Gasteiger charge is 2.13. The van der Waals surface area contributed by atoms with Gasteiger partial charge in [-0.15, -0.1) is 0 Å². The van der Waals surface area contributed by atoms with E-state index in [1.54, 1.807) is 37.4 Å². The van der Waals surface area contributed by atoms with Crippen molar-refractivity contribution in [1.82, 2.24) is 0 Å². The molecular formula is C15H14ClNO2. The summed E-state index contributed by atoms with van der Waals surface area (Å²) in [4.78, 5) is 12.4. The van der Waals surface area contributed by atoms with Gasteiger partial charge in [0.25, 0.3) is 0 Å². The number of aryl methyl sites for hydroxylation is 1. The van der Waals surface area contributed by atoms with Crippen LogP contribution in [-0.2, 0) is 0 Å². The molecule has 19 heavy (non-hydrogen) atoms. The molecule has 0 aliphatic heterocycles. The molecule has 2 aromatic carbocycles. The van der Waals surface area contributed by atoms with Crippen LogP contribution >= 0.6 is 11.6 Å². The summed E-state index contributed by atoms with van der Waals surface area (Å²) in [5, 5.41) is 0.447. The molecule has 0 heterocycles. The van der Waals surface area contributed by atoms with Crippen molar-refractivity contribution in [2.45, 2.75) is 6.92 Å². The molecule has 0 aliphatic rings. The van der Waals surface area contributed by atoms with Crippen molar-refractivity contribution in [2.75, 3.05) is 12.8 Å². The molecule has 3 nitrogen and oxygen atoms in total. The average molecular weight is 276 g/mol. The molecular weight excluding hydrogens is 262 g/mol. The second-order valence-electron chi connectivity index (χ2n) is 4.25. The summed E-state index contributed by atoms with van der Waals surface area (Å²) >= 11 is 5.85. The Labute approximate surface area is 117 Å². The van der Waals surface area contributed by atoms with E-state index in [2.05, 4.69) is 0 Å². The molecule has 0 spiro atoms. The summed E-state index contributed by atoms with van der Waals surface area (Å²) in [5.41, 5.74) is 8.13. The van der Waals surface area contributed by atoms with E-state index in [9.17, 15) is 4.79 Å². The Morgan fingerprint density at radius 3 is 2.53 bits per heavy atom. The molecule has 0 fully saturated rings. The molecule has 0 saturated heterocycles. The molecule has 0 bridgehead atoms. The first-order valence-electron chi connectivity index (χ1n) is 5.77. The normalized spacial score (nSPS) is 10.3. The first kappa shape index (κ1) is 13.4. The van der Waals surface area contributed by atoms with E-state index < -0.39 is 0 Å². The highest BCUT2D eigenvalue weighted by Crippen LogP contribution is 2.23. The number of nitrogen functional groups attached to an aromatic ring is 1. The van der Waals surface area contributed by atoms with Gasteiger partial charge in [0, 0.05) is 11.1 Å². The lowest BCUT2D eigenvalue weighted by Gasteiger charge is -2.08. The maximum atomic E-state index is 12.4. The zero-order valence-electron chi connectivity index (χ0n) is 10.7. The van der Waals surface area contributed by atoms with Crippen molar-refractivity contribution < 1.29 is 9.53 Å². The average Bonchev–Trinajstić information content (AvgIpc) is 2.41. The molecule has 2 aromatic rings. The number of benzene rings is 2. The number of carbonyl (C=O) groups is 1. The molecule has 0 unspecified atom stereocenters. The minimum absolute atomic E-state index is 0.0801. The number of anilines is 1. The summed E-state index contributed by atoms with van der Waals surface area (Å²) in [5.74, 6) is 0.646. The van der Waals surface area contributed by atoms with Crippen LogP contribution in [0.5, 0.6) is 5.75 Å². The second kappa shape index (κ2) is 5.33. The molecule has 2 rings (SSSR count). The van der Waals surface area contributed by atoms with E-state index in [1.807, 2.05) is 13.0 Å². The lowest BCUT2D eigenvalue weighted by molar-refractivity contribution is 0.103. The first-order valence-corrected chi connectivity index (χ1v) is 6.15. The molecule has 2 N–H and O–H groups in total. The molecule has 0 amide bonds. The van der Waals surface area contributed by atoms with Crippen LogP contribution in [0.15, 0.2) is 36.4 Å². The fourth-order valence-corrected chi connectivity index (χ4v) is 1.98. The lowest BCUT2D eigenvalue weighted by atomic mass is 9.98. The Bertz CT molecular complexity index is 638. The van der Waals surface area contributed by atoms with E-state index in [0.29, 0.717) is 21.8 Å². The number of hydrogen-bond donors (Lipinski definition) is 1. The maximum absolute atomic E-state index is 12.4. The topological polar surface area (TPSA) is 52.3 Å². The van der Waals surface area contributed by atoms with E-state index in [-0.39, 0.29) is 5.78 Å². The number of ketones is 1. The van der Waals surface area contributed by atoms with Gasteiger partial charge < -0.3 is 10.5 Å². The third kappa shape index (κ3) is 2.71. The van der Waals surface area contributed by atoms with Gasteiger partial charge in [-0.25, -0.2) is 0 Å². The van der Waals surface area contributed by atoms with E-state index in [0.717, 1.165) is 11.3 Å². The molecule has 98 valence electrons. The molecule has 0 radical (unpaired) electrons. The number of ether oxygens (including phenoxy) is 1. The summed E-state index contributed by atoms with van der Waals surface area (Å²) < 4.78 is 5.12. The van der Waals surface area contributed by atoms with Gasteiger partial charge in [0.05, 0.1) is 17.8 Å². The zero-order chi connectivity index (χ0) is 14.0. The van der Waals surface area contributed by atoms with Gasteiger partial charge >= 0.3 is 0 Å². The van der Waals surface area contributed by atoms with Gasteiger partial charge in [-0.1, -0.05) is 11.6 Å². The van der Waals surface area contributed by atoms with Crippen LogP contribution in [0.1, 0.15) is 21.5 Å². The van der Waals surface area contributed by atoms with Crippen molar-refractivity contribution in [3.63, 3.8) is 0 Å². The second-order valence-corrected chi connectivity index (χ2v) is 4.65. The van der Waals surface area contributed by atoms with Crippen LogP contribution in [0.2, 0.25) is 5.02 Å². The first-order chi connectivity index (χ1) is 9.02. The number of halogens is 1. The van der Waals surface area contributed by atoms with Crippen molar-refractivity contribution in [2.24, 2.45) is 0 Å². The van der Waals surface area contributed by atoms with Crippen LogP contribution in [0, 0.1) is 6.92 Å². The van der Waals surface area contributed by atoms with Crippen molar-refractivity contribution in [3.8, 4) is 5.75 Å². The molecule has 0 saturated carbocycles. The predicted octanol–water partition coefficient (Wildman–Crippen LogP) is 3.47. The lowest BCUT2D eigenvalue weighted by Crippen LogP contribution is -2.04. The van der Waals surface area contributed by atoms with Crippen LogP contribution in [0.4, 0.5) is 5.69 Å². The Morgan fingerprint density at radius 2 is 1.95 bits per heavy atom. The fourth-order valence-electron chi connectivity index (χ4n) is 1.86. The Kier molecular flexibility index (Phi) is 3.76. The highest BCUT2D eigenvalue weighted by atomic mass is 35.5. The van der Waals surface area contributed by atoms with E-state index >= 15 is 0 Å². The number of rotatable bonds is 3. The maximum Gasteiger partial charge on any atom is 0.193 e. The van der Waals surface area contributed by atoms with Gasteiger partial charge in [0.2, 0.25) is 0 Å². The summed E-state index contributed by atoms with van der Waals surface area (Å²) in [6, 6.07) is 10.2. The minimum atomic E-state index is -0.0801. The molecule has 0 atom stereocenters. The molecule has 0 aliphatic carbocycles. The SMILES string of the molecule is COc1ccc(C(=O)c2ccc(Cl)c(N)c2)c(C)c1. The quantitative estimate of drug-likeness (QED) is 0.689. The van der Waals surface area contributed by atoms with Crippen molar-refractivity contribution in [1.29, 1.82) is 0 Å². The zero-order valence-corrected chi connectivity index (χ0v) is 11.5. The van der Waals surface area contributed by atoms with Crippen LogP contribution in [0.3, 0.4) is 0 Å². The largest absolute Gasteiger partial charge is 0.497 e. The standard InChI is InChI=1S/C15H14ClNO2/c1-9-7-11(19-2)4-5-12(9)15(18)10-3-6-13(16)14(17)8-10/h3-8H,17H2,1-2H3. The Morgan fingerprint density at radius 1 is 1.21 bits per heavy atom. The van der Waals surface area contributed by atoms with E-state index in [4.69, 9.17) is 22.1 Å². The van der Waals surface area contributed by atoms with Gasteiger partial charge in [0.15, 0.2) is 5.78 Å². The van der Waals surface area contributed by atoms with Gasteiger partial charge in [0.1, 0.15) is 5.75 Å². The van der Waals surface area contributed by atoms with Crippen LogP contribution < -0.4 is 10.5 Å². The van der Waals surface area contributed by atoms with Crippen molar-refractivity contribution in [3.05, 3.63) is 58.1 Å². The molecule has 0 aromatic heterocycles. The number of nitrogens with two attached hydrogens (primary N) is 1. The fraction of sp³-hybridized carbons (Fsp3) is 0.133. The Hall–Kier alpha value is -2.00. The highest BCUT2D eigenvalue weighted by molar-refractivity contribution is 6.33. The van der Waals surface area contributed by atoms with E-state index in [1.165, 1.54) is 0 Å². The minimum Gasteiger partial charge on any atom is -0.497 e. The number of methoxy groups -OCH3 is 1. The third-order valence-corrected chi connectivity index (χ3v) is 3.28. The van der Waals surface area contributed by atoms with Crippen LogP contribution in [0.25, 0.3) is 0 Å². The smallest absolute Gasteiger partial charge is 0.193 e. The molecule has 4 heteroatoms. The summed E-state index contributed by atoms with van der Waals surface area (Å²) in [7, 11) is 1.59. The number of hydrogen-bond acceptors (Lipinski definition) is 3. The van der Waals surface area contributed by atoms with Gasteiger partial charge in [-0.2, -0.15) is 0 Å². The van der Waals surface area contributed by atoms with Gasteiger partial charge in [-0.05, 0) is 48.9 Å². The summed E-state index contributed by atoms with van der Waals surface area (Å²) in [6.45, 7) is 1.87.